The smallest absolute Gasteiger partial charge is 0.311 e. The summed E-state index contributed by atoms with van der Waals surface area (Å²) in [7, 11) is 3.09. The molecule has 1 aliphatic rings. The molecule has 21 heavy (non-hydrogen) atoms. The van der Waals surface area contributed by atoms with Crippen LogP contribution in [0.2, 0.25) is 0 Å². The lowest BCUT2D eigenvalue weighted by atomic mass is 10.0. The van der Waals surface area contributed by atoms with E-state index in [2.05, 4.69) is 5.32 Å². The summed E-state index contributed by atoms with van der Waals surface area (Å²) in [6.07, 6.45) is 0.846. The Morgan fingerprint density at radius 2 is 2.29 bits per heavy atom. The van der Waals surface area contributed by atoms with Gasteiger partial charge in [-0.2, -0.15) is 0 Å². The Hall–Kier alpha value is -1.70. The molecule has 0 spiro atoms. The highest BCUT2D eigenvalue weighted by Gasteiger charge is 2.34. The van der Waals surface area contributed by atoms with E-state index in [-0.39, 0.29) is 17.0 Å². The SMILES string of the molecule is COc1ccc(CNCC2(OC)CCOC2)cc1[N+](=O)[O-]. The minimum Gasteiger partial charge on any atom is -0.490 e. The van der Waals surface area contributed by atoms with Gasteiger partial charge in [0.05, 0.1) is 18.6 Å². The Morgan fingerprint density at radius 1 is 1.48 bits per heavy atom. The summed E-state index contributed by atoms with van der Waals surface area (Å²) in [5.74, 6) is 0.265. The van der Waals surface area contributed by atoms with E-state index in [4.69, 9.17) is 14.2 Å². The van der Waals surface area contributed by atoms with E-state index in [1.807, 2.05) is 6.07 Å². The van der Waals surface area contributed by atoms with E-state index in [0.717, 1.165) is 12.0 Å². The van der Waals surface area contributed by atoms with Gasteiger partial charge in [-0.25, -0.2) is 0 Å². The first-order valence-electron chi connectivity index (χ1n) is 6.75. The molecular weight excluding hydrogens is 276 g/mol. The molecule has 0 amide bonds. The molecule has 1 fully saturated rings. The third kappa shape index (κ3) is 3.69. The molecule has 116 valence electrons. The Bertz CT molecular complexity index is 500. The van der Waals surface area contributed by atoms with Crippen molar-refractivity contribution in [2.75, 3.05) is 34.0 Å². The van der Waals surface area contributed by atoms with Crippen LogP contribution in [0, 0.1) is 10.1 Å². The van der Waals surface area contributed by atoms with Crippen LogP contribution in [0.4, 0.5) is 5.69 Å². The molecule has 0 radical (unpaired) electrons. The number of nitrogens with one attached hydrogen (secondary N) is 1. The Balaban J connectivity index is 1.97. The summed E-state index contributed by atoms with van der Waals surface area (Å²) in [6, 6.07) is 4.94. The number of benzene rings is 1. The lowest BCUT2D eigenvalue weighted by Gasteiger charge is -2.26. The van der Waals surface area contributed by atoms with Crippen molar-refractivity contribution < 1.29 is 19.1 Å². The van der Waals surface area contributed by atoms with E-state index in [0.29, 0.717) is 26.3 Å². The number of methoxy groups -OCH3 is 2. The summed E-state index contributed by atoms with van der Waals surface area (Å²) in [6.45, 7) is 2.43. The molecule has 1 heterocycles. The summed E-state index contributed by atoms with van der Waals surface area (Å²) < 4.78 is 15.9. The first kappa shape index (κ1) is 15.7. The van der Waals surface area contributed by atoms with Crippen molar-refractivity contribution in [3.63, 3.8) is 0 Å². The van der Waals surface area contributed by atoms with Gasteiger partial charge < -0.3 is 19.5 Å². The molecule has 2 rings (SSSR count). The average Bonchev–Trinajstić information content (AvgIpc) is 2.96. The molecule has 7 heteroatoms. The van der Waals surface area contributed by atoms with E-state index >= 15 is 0 Å². The maximum Gasteiger partial charge on any atom is 0.311 e. The molecule has 1 aromatic carbocycles. The normalized spacial score (nSPS) is 21.4. The first-order chi connectivity index (χ1) is 10.1. The Labute approximate surface area is 123 Å². The zero-order chi connectivity index (χ0) is 15.3. The van der Waals surface area contributed by atoms with Crippen molar-refractivity contribution in [1.29, 1.82) is 0 Å². The third-order valence-electron chi connectivity index (χ3n) is 3.72. The van der Waals surface area contributed by atoms with Crippen molar-refractivity contribution in [2.24, 2.45) is 0 Å². The van der Waals surface area contributed by atoms with Gasteiger partial charge in [-0.15, -0.1) is 0 Å². The van der Waals surface area contributed by atoms with Gasteiger partial charge >= 0.3 is 5.69 Å². The number of rotatable bonds is 7. The zero-order valence-corrected chi connectivity index (χ0v) is 12.3. The van der Waals surface area contributed by atoms with Crippen LogP contribution >= 0.6 is 0 Å². The number of nitro groups is 1. The van der Waals surface area contributed by atoms with Crippen molar-refractivity contribution in [3.8, 4) is 5.75 Å². The van der Waals surface area contributed by atoms with Crippen LogP contribution in [-0.2, 0) is 16.0 Å². The number of nitrogens with zero attached hydrogens (tertiary/aromatic N) is 1. The van der Waals surface area contributed by atoms with Crippen molar-refractivity contribution in [1.82, 2.24) is 5.32 Å². The molecule has 1 unspecified atom stereocenters. The summed E-state index contributed by atoms with van der Waals surface area (Å²) in [5.41, 5.74) is 0.508. The van der Waals surface area contributed by atoms with Gasteiger partial charge in [-0.3, -0.25) is 10.1 Å². The largest absolute Gasteiger partial charge is 0.490 e. The highest BCUT2D eigenvalue weighted by atomic mass is 16.6. The molecule has 0 bridgehead atoms. The average molecular weight is 296 g/mol. The van der Waals surface area contributed by atoms with Crippen LogP contribution in [0.15, 0.2) is 18.2 Å². The lowest BCUT2D eigenvalue weighted by Crippen LogP contribution is -2.42. The molecular formula is C14H20N2O5. The Kier molecular flexibility index (Phi) is 5.11. The van der Waals surface area contributed by atoms with Gasteiger partial charge in [-0.1, -0.05) is 6.07 Å². The van der Waals surface area contributed by atoms with E-state index in [1.165, 1.54) is 13.2 Å². The number of hydrogen-bond donors (Lipinski definition) is 1. The van der Waals surface area contributed by atoms with Gasteiger partial charge in [-0.05, 0) is 11.6 Å². The van der Waals surface area contributed by atoms with E-state index in [1.54, 1.807) is 13.2 Å². The van der Waals surface area contributed by atoms with Crippen LogP contribution in [-0.4, -0.2) is 44.5 Å². The molecule has 7 nitrogen and oxygen atoms in total. The molecule has 0 aromatic heterocycles. The van der Waals surface area contributed by atoms with Gasteiger partial charge in [0.1, 0.15) is 5.60 Å². The minimum atomic E-state index is -0.441. The summed E-state index contributed by atoms with van der Waals surface area (Å²) in [4.78, 5) is 10.5. The standard InChI is InChI=1S/C14H20N2O5/c1-19-13-4-3-11(7-12(13)16(17)18)8-15-9-14(20-2)5-6-21-10-14/h3-4,7,15H,5-6,8-10H2,1-2H3. The minimum absolute atomic E-state index is 0.0255. The van der Waals surface area contributed by atoms with Crippen LogP contribution in [0.25, 0.3) is 0 Å². The van der Waals surface area contributed by atoms with Crippen molar-refractivity contribution >= 4 is 5.69 Å². The predicted molar refractivity (Wildman–Crippen MR) is 76.5 cm³/mol. The monoisotopic (exact) mass is 296 g/mol. The maximum atomic E-state index is 11.0. The maximum absolute atomic E-state index is 11.0. The second-order valence-corrected chi connectivity index (χ2v) is 5.06. The predicted octanol–water partition coefficient (Wildman–Crippen LogP) is 1.50. The molecule has 1 atom stereocenters. The second-order valence-electron chi connectivity index (χ2n) is 5.06. The van der Waals surface area contributed by atoms with Crippen molar-refractivity contribution in [3.05, 3.63) is 33.9 Å². The molecule has 1 aromatic rings. The number of nitro benzene ring substituents is 1. The third-order valence-corrected chi connectivity index (χ3v) is 3.72. The lowest BCUT2D eigenvalue weighted by molar-refractivity contribution is -0.385. The number of hydrogen-bond acceptors (Lipinski definition) is 6. The van der Waals surface area contributed by atoms with Gasteiger partial charge in [0.25, 0.3) is 0 Å². The van der Waals surface area contributed by atoms with Gasteiger partial charge in [0.15, 0.2) is 5.75 Å². The fraction of sp³-hybridized carbons (Fsp3) is 0.571. The molecule has 0 aliphatic carbocycles. The van der Waals surface area contributed by atoms with Crippen LogP contribution in [0.1, 0.15) is 12.0 Å². The fourth-order valence-electron chi connectivity index (χ4n) is 2.38. The number of ether oxygens (including phenoxy) is 3. The van der Waals surface area contributed by atoms with Gasteiger partial charge in [0, 0.05) is 39.3 Å². The van der Waals surface area contributed by atoms with E-state index < -0.39 is 4.92 Å². The highest BCUT2D eigenvalue weighted by Crippen LogP contribution is 2.27. The van der Waals surface area contributed by atoms with Crippen LogP contribution in [0.5, 0.6) is 5.75 Å². The fourth-order valence-corrected chi connectivity index (χ4v) is 2.38. The molecule has 1 aliphatic heterocycles. The Morgan fingerprint density at radius 3 is 2.86 bits per heavy atom. The summed E-state index contributed by atoms with van der Waals surface area (Å²) >= 11 is 0. The molecule has 1 N–H and O–H groups in total. The van der Waals surface area contributed by atoms with Crippen molar-refractivity contribution in [2.45, 2.75) is 18.6 Å². The second kappa shape index (κ2) is 6.84. The van der Waals surface area contributed by atoms with Crippen LogP contribution < -0.4 is 10.1 Å². The van der Waals surface area contributed by atoms with Crippen LogP contribution in [0.3, 0.4) is 0 Å². The quantitative estimate of drug-likeness (QED) is 0.606. The first-order valence-corrected chi connectivity index (χ1v) is 6.75. The topological polar surface area (TPSA) is 82.9 Å². The summed E-state index contributed by atoms with van der Waals surface area (Å²) in [5, 5.41) is 14.3. The van der Waals surface area contributed by atoms with Gasteiger partial charge in [0.2, 0.25) is 0 Å². The molecule has 1 saturated heterocycles. The molecule has 0 saturated carbocycles. The highest BCUT2D eigenvalue weighted by molar-refractivity contribution is 5.48. The van der Waals surface area contributed by atoms with E-state index in [9.17, 15) is 10.1 Å². The zero-order valence-electron chi connectivity index (χ0n) is 12.3.